The van der Waals surface area contributed by atoms with Gasteiger partial charge in [-0.1, -0.05) is 36.9 Å². The Labute approximate surface area is 111 Å². The maximum Gasteiger partial charge on any atom is 0.320 e. The van der Waals surface area contributed by atoms with E-state index in [4.69, 9.17) is 15.6 Å². The topological polar surface area (TPSA) is 89.6 Å². The Bertz CT molecular complexity index is 453. The van der Waals surface area contributed by atoms with Gasteiger partial charge in [0.25, 0.3) is 0 Å². The Hall–Kier alpha value is -2.14. The lowest BCUT2D eigenvalue weighted by Gasteiger charge is -2.07. The first-order chi connectivity index (χ1) is 9.02. The predicted molar refractivity (Wildman–Crippen MR) is 71.2 cm³/mol. The van der Waals surface area contributed by atoms with Gasteiger partial charge in [-0.15, -0.1) is 0 Å². The summed E-state index contributed by atoms with van der Waals surface area (Å²) in [6.45, 7) is 3.81. The van der Waals surface area contributed by atoms with Crippen LogP contribution in [0, 0.1) is 0 Å². The predicted octanol–water partition coefficient (Wildman–Crippen LogP) is 1.56. The number of carbonyl (C=O) groups is 2. The fourth-order valence-electron chi connectivity index (χ4n) is 1.38. The minimum atomic E-state index is -1.12. The van der Waals surface area contributed by atoms with E-state index in [9.17, 15) is 9.59 Å². The van der Waals surface area contributed by atoms with Crippen molar-refractivity contribution in [3.8, 4) is 0 Å². The van der Waals surface area contributed by atoms with E-state index in [1.54, 1.807) is 6.08 Å². The number of hydrogen-bond donors (Lipinski definition) is 2. The highest BCUT2D eigenvalue weighted by molar-refractivity contribution is 5.75. The zero-order valence-electron chi connectivity index (χ0n) is 10.5. The van der Waals surface area contributed by atoms with Crippen LogP contribution in [0.4, 0.5) is 0 Å². The van der Waals surface area contributed by atoms with E-state index in [2.05, 4.69) is 6.58 Å². The van der Waals surface area contributed by atoms with Crippen molar-refractivity contribution in [3.63, 3.8) is 0 Å². The molecule has 0 saturated heterocycles. The highest BCUT2D eigenvalue weighted by atomic mass is 16.5. The van der Waals surface area contributed by atoms with Gasteiger partial charge in [0.1, 0.15) is 12.6 Å². The van der Waals surface area contributed by atoms with E-state index in [1.165, 1.54) is 0 Å². The highest BCUT2D eigenvalue weighted by Gasteiger charge is 2.14. The summed E-state index contributed by atoms with van der Waals surface area (Å²) in [5.41, 5.74) is 7.14. The molecule has 0 heterocycles. The Morgan fingerprint density at radius 3 is 2.53 bits per heavy atom. The van der Waals surface area contributed by atoms with Gasteiger partial charge < -0.3 is 15.6 Å². The monoisotopic (exact) mass is 263 g/mol. The van der Waals surface area contributed by atoms with Crippen LogP contribution in [0.25, 0.3) is 6.08 Å². The zero-order valence-corrected chi connectivity index (χ0v) is 10.5. The third-order valence-electron chi connectivity index (χ3n) is 2.59. The average molecular weight is 263 g/mol. The van der Waals surface area contributed by atoms with Gasteiger partial charge in [0.15, 0.2) is 0 Å². The lowest BCUT2D eigenvalue weighted by atomic mass is 10.1. The maximum atomic E-state index is 11.4. The molecule has 1 aromatic carbocycles. The standard InChI is InChI=1S/C14H17NO4/c1-2-10-3-5-11(6-4-10)9-19-13(16)8-7-12(15)14(17)18/h2-6,12H,1,7-9,15H2,(H,17,18). The smallest absolute Gasteiger partial charge is 0.320 e. The minimum Gasteiger partial charge on any atom is -0.480 e. The van der Waals surface area contributed by atoms with Crippen LogP contribution in [-0.2, 0) is 20.9 Å². The van der Waals surface area contributed by atoms with Crippen molar-refractivity contribution in [2.75, 3.05) is 0 Å². The number of benzene rings is 1. The second-order valence-corrected chi connectivity index (χ2v) is 4.09. The van der Waals surface area contributed by atoms with Gasteiger partial charge in [-0.2, -0.15) is 0 Å². The molecule has 5 heteroatoms. The number of carboxylic acids is 1. The molecular formula is C14H17NO4. The Morgan fingerprint density at radius 1 is 1.37 bits per heavy atom. The molecule has 0 amide bonds. The normalized spacial score (nSPS) is 11.6. The summed E-state index contributed by atoms with van der Waals surface area (Å²) >= 11 is 0. The number of rotatable bonds is 7. The number of carboxylic acid groups (broad SMARTS) is 1. The number of hydrogen-bond acceptors (Lipinski definition) is 4. The molecule has 19 heavy (non-hydrogen) atoms. The van der Waals surface area contributed by atoms with Crippen LogP contribution in [-0.4, -0.2) is 23.1 Å². The van der Waals surface area contributed by atoms with Crippen LogP contribution in [0.5, 0.6) is 0 Å². The van der Waals surface area contributed by atoms with Crippen LogP contribution in [0.3, 0.4) is 0 Å². The lowest BCUT2D eigenvalue weighted by Crippen LogP contribution is -2.30. The third-order valence-corrected chi connectivity index (χ3v) is 2.59. The number of carbonyl (C=O) groups excluding carboxylic acids is 1. The molecule has 0 aromatic heterocycles. The molecule has 1 unspecified atom stereocenters. The van der Waals surface area contributed by atoms with E-state index < -0.39 is 18.0 Å². The molecule has 0 fully saturated rings. The lowest BCUT2D eigenvalue weighted by molar-refractivity contribution is -0.145. The van der Waals surface area contributed by atoms with E-state index in [-0.39, 0.29) is 19.4 Å². The van der Waals surface area contributed by atoms with Gasteiger partial charge in [-0.05, 0) is 17.5 Å². The summed E-state index contributed by atoms with van der Waals surface area (Å²) in [7, 11) is 0. The summed E-state index contributed by atoms with van der Waals surface area (Å²) in [5.74, 6) is -1.57. The van der Waals surface area contributed by atoms with Crippen LogP contribution >= 0.6 is 0 Å². The van der Waals surface area contributed by atoms with Gasteiger partial charge in [0.2, 0.25) is 0 Å². The molecule has 0 radical (unpaired) electrons. The van der Waals surface area contributed by atoms with Crippen LogP contribution in [0.2, 0.25) is 0 Å². The van der Waals surface area contributed by atoms with Crippen molar-refractivity contribution in [3.05, 3.63) is 42.0 Å². The van der Waals surface area contributed by atoms with E-state index in [0.717, 1.165) is 11.1 Å². The largest absolute Gasteiger partial charge is 0.480 e. The van der Waals surface area contributed by atoms with E-state index in [1.807, 2.05) is 24.3 Å². The molecule has 1 aromatic rings. The third kappa shape index (κ3) is 5.35. The first kappa shape index (κ1) is 14.9. The Kier molecular flexibility index (Phi) is 5.75. The van der Waals surface area contributed by atoms with Gasteiger partial charge in [0, 0.05) is 6.42 Å². The first-order valence-corrected chi connectivity index (χ1v) is 5.88. The quantitative estimate of drug-likeness (QED) is 0.729. The highest BCUT2D eigenvalue weighted by Crippen LogP contribution is 2.07. The number of esters is 1. The minimum absolute atomic E-state index is 0.00178. The summed E-state index contributed by atoms with van der Waals surface area (Å²) < 4.78 is 5.02. The van der Waals surface area contributed by atoms with Gasteiger partial charge in [-0.3, -0.25) is 9.59 Å². The summed E-state index contributed by atoms with van der Waals surface area (Å²) in [5, 5.41) is 8.57. The molecule has 0 bridgehead atoms. The molecule has 5 nitrogen and oxygen atoms in total. The van der Waals surface area contributed by atoms with Crippen molar-refractivity contribution < 1.29 is 19.4 Å². The molecule has 1 rings (SSSR count). The molecule has 3 N–H and O–H groups in total. The Morgan fingerprint density at radius 2 is 2.00 bits per heavy atom. The number of ether oxygens (including phenoxy) is 1. The molecule has 1 atom stereocenters. The summed E-state index contributed by atoms with van der Waals surface area (Å²) in [4.78, 5) is 21.8. The first-order valence-electron chi connectivity index (χ1n) is 5.88. The molecule has 0 aliphatic carbocycles. The van der Waals surface area contributed by atoms with Gasteiger partial charge >= 0.3 is 11.9 Å². The molecule has 0 aliphatic rings. The van der Waals surface area contributed by atoms with Crippen LogP contribution in [0.1, 0.15) is 24.0 Å². The fraction of sp³-hybridized carbons (Fsp3) is 0.286. The second-order valence-electron chi connectivity index (χ2n) is 4.09. The molecule has 0 spiro atoms. The molecular weight excluding hydrogens is 246 g/mol. The van der Waals surface area contributed by atoms with Gasteiger partial charge in [-0.25, -0.2) is 0 Å². The zero-order chi connectivity index (χ0) is 14.3. The summed E-state index contributed by atoms with van der Waals surface area (Å²) in [6.07, 6.45) is 1.80. The van der Waals surface area contributed by atoms with Crippen molar-refractivity contribution in [1.29, 1.82) is 0 Å². The van der Waals surface area contributed by atoms with E-state index >= 15 is 0 Å². The van der Waals surface area contributed by atoms with Crippen molar-refractivity contribution in [2.45, 2.75) is 25.5 Å². The average Bonchev–Trinajstić information content (AvgIpc) is 2.42. The van der Waals surface area contributed by atoms with Crippen molar-refractivity contribution in [1.82, 2.24) is 0 Å². The van der Waals surface area contributed by atoms with E-state index in [0.29, 0.717) is 0 Å². The van der Waals surface area contributed by atoms with Crippen LogP contribution < -0.4 is 5.73 Å². The number of nitrogens with two attached hydrogens (primary N) is 1. The second kappa shape index (κ2) is 7.33. The molecule has 0 saturated carbocycles. The van der Waals surface area contributed by atoms with Crippen molar-refractivity contribution in [2.24, 2.45) is 5.73 Å². The molecule has 102 valence electrons. The summed E-state index contributed by atoms with van der Waals surface area (Å²) in [6, 6.07) is 6.40. The van der Waals surface area contributed by atoms with Gasteiger partial charge in [0.05, 0.1) is 0 Å². The molecule has 0 aliphatic heterocycles. The van der Waals surface area contributed by atoms with Crippen LogP contribution in [0.15, 0.2) is 30.8 Å². The Balaban J connectivity index is 2.33. The fourth-order valence-corrected chi connectivity index (χ4v) is 1.38. The number of aliphatic carboxylic acids is 1. The maximum absolute atomic E-state index is 11.4. The van der Waals surface area contributed by atoms with Crippen molar-refractivity contribution >= 4 is 18.0 Å². The SMILES string of the molecule is C=Cc1ccc(COC(=O)CCC(N)C(=O)O)cc1.